The standard InChI is InChI=1S/C10H18BrN3/c1-5-6-14-8(7-10(2,3)4)9(11)12-13-14/h5-7H2,1-4H3. The summed E-state index contributed by atoms with van der Waals surface area (Å²) in [6, 6.07) is 0. The van der Waals surface area contributed by atoms with E-state index in [-0.39, 0.29) is 5.41 Å². The first kappa shape index (κ1) is 11.7. The first-order valence-corrected chi connectivity index (χ1v) is 5.81. The van der Waals surface area contributed by atoms with Gasteiger partial charge < -0.3 is 0 Å². The molecule has 0 atom stereocenters. The van der Waals surface area contributed by atoms with Crippen LogP contribution >= 0.6 is 15.9 Å². The maximum absolute atomic E-state index is 4.11. The number of halogens is 1. The van der Waals surface area contributed by atoms with Crippen LogP contribution in [0.3, 0.4) is 0 Å². The molecule has 0 aliphatic heterocycles. The van der Waals surface area contributed by atoms with Crippen LogP contribution in [0.4, 0.5) is 0 Å². The van der Waals surface area contributed by atoms with Crippen LogP contribution in [0.2, 0.25) is 0 Å². The average molecular weight is 260 g/mol. The van der Waals surface area contributed by atoms with Crippen LogP contribution in [-0.4, -0.2) is 15.0 Å². The van der Waals surface area contributed by atoms with Gasteiger partial charge in [-0.25, -0.2) is 4.68 Å². The van der Waals surface area contributed by atoms with Crippen LogP contribution in [0.5, 0.6) is 0 Å². The number of aryl methyl sites for hydroxylation is 1. The molecule has 4 heteroatoms. The van der Waals surface area contributed by atoms with Crippen LogP contribution in [0, 0.1) is 5.41 Å². The second kappa shape index (κ2) is 4.43. The molecule has 0 spiro atoms. The average Bonchev–Trinajstić information content (AvgIpc) is 2.34. The van der Waals surface area contributed by atoms with Gasteiger partial charge in [0, 0.05) is 6.54 Å². The number of rotatable bonds is 3. The van der Waals surface area contributed by atoms with E-state index < -0.39 is 0 Å². The van der Waals surface area contributed by atoms with E-state index in [1.807, 2.05) is 4.68 Å². The molecule has 0 saturated carbocycles. The molecule has 1 rings (SSSR count). The van der Waals surface area contributed by atoms with E-state index in [0.29, 0.717) is 0 Å². The van der Waals surface area contributed by atoms with E-state index in [1.165, 1.54) is 5.69 Å². The highest BCUT2D eigenvalue weighted by Crippen LogP contribution is 2.24. The van der Waals surface area contributed by atoms with Gasteiger partial charge in [0.15, 0.2) is 4.60 Å². The summed E-state index contributed by atoms with van der Waals surface area (Å²) in [5.41, 5.74) is 1.48. The fourth-order valence-electron chi connectivity index (χ4n) is 1.37. The zero-order valence-corrected chi connectivity index (χ0v) is 10.9. The molecule has 3 nitrogen and oxygen atoms in total. The van der Waals surface area contributed by atoms with Crippen molar-refractivity contribution in [2.45, 2.75) is 47.1 Å². The largest absolute Gasteiger partial charge is 0.248 e. The predicted octanol–water partition coefficient (Wildman–Crippen LogP) is 3.04. The van der Waals surface area contributed by atoms with Crippen molar-refractivity contribution in [2.24, 2.45) is 5.41 Å². The topological polar surface area (TPSA) is 30.7 Å². The summed E-state index contributed by atoms with van der Waals surface area (Å²) >= 11 is 3.45. The molecule has 0 aliphatic rings. The van der Waals surface area contributed by atoms with Gasteiger partial charge in [0.2, 0.25) is 0 Å². The fraction of sp³-hybridized carbons (Fsp3) is 0.800. The summed E-state index contributed by atoms with van der Waals surface area (Å²) in [7, 11) is 0. The van der Waals surface area contributed by atoms with Gasteiger partial charge in [-0.15, -0.1) is 5.10 Å². The van der Waals surface area contributed by atoms with Gasteiger partial charge in [0.1, 0.15) is 0 Å². The molecule has 0 aliphatic carbocycles. The summed E-state index contributed by atoms with van der Waals surface area (Å²) in [5, 5.41) is 8.16. The Morgan fingerprint density at radius 3 is 2.50 bits per heavy atom. The number of hydrogen-bond acceptors (Lipinski definition) is 2. The second-order valence-corrected chi connectivity index (χ2v) is 5.54. The lowest BCUT2D eigenvalue weighted by atomic mass is 9.91. The van der Waals surface area contributed by atoms with Crippen molar-refractivity contribution in [2.75, 3.05) is 0 Å². The maximum atomic E-state index is 4.11. The smallest absolute Gasteiger partial charge is 0.151 e. The molecule has 1 aromatic heterocycles. The highest BCUT2D eigenvalue weighted by Gasteiger charge is 2.18. The lowest BCUT2D eigenvalue weighted by Crippen LogP contribution is -2.14. The van der Waals surface area contributed by atoms with Crippen molar-refractivity contribution in [3.8, 4) is 0 Å². The Hall–Kier alpha value is -0.380. The molecule has 1 heterocycles. The Bertz CT molecular complexity index is 299. The third-order valence-corrected chi connectivity index (χ3v) is 2.54. The number of hydrogen-bond donors (Lipinski definition) is 0. The summed E-state index contributed by atoms with van der Waals surface area (Å²) in [4.78, 5) is 0. The number of aromatic nitrogens is 3. The van der Waals surface area contributed by atoms with Crippen molar-refractivity contribution in [1.29, 1.82) is 0 Å². The highest BCUT2D eigenvalue weighted by molar-refractivity contribution is 9.10. The first-order valence-electron chi connectivity index (χ1n) is 5.02. The molecule has 14 heavy (non-hydrogen) atoms. The van der Waals surface area contributed by atoms with E-state index in [1.54, 1.807) is 0 Å². The lowest BCUT2D eigenvalue weighted by Gasteiger charge is -2.18. The van der Waals surface area contributed by atoms with Crippen LogP contribution in [0.25, 0.3) is 0 Å². The molecule has 0 fully saturated rings. The lowest BCUT2D eigenvalue weighted by molar-refractivity contribution is 0.390. The van der Waals surface area contributed by atoms with E-state index >= 15 is 0 Å². The first-order chi connectivity index (χ1) is 6.44. The van der Waals surface area contributed by atoms with Gasteiger partial charge in [-0.3, -0.25) is 0 Å². The minimum atomic E-state index is 0.274. The SMILES string of the molecule is CCCn1nnc(Br)c1CC(C)(C)C. The van der Waals surface area contributed by atoms with Gasteiger partial charge >= 0.3 is 0 Å². The summed E-state index contributed by atoms with van der Waals surface area (Å²) < 4.78 is 2.89. The van der Waals surface area contributed by atoms with Crippen molar-refractivity contribution >= 4 is 15.9 Å². The van der Waals surface area contributed by atoms with E-state index in [9.17, 15) is 0 Å². The van der Waals surface area contributed by atoms with Crippen molar-refractivity contribution < 1.29 is 0 Å². The van der Waals surface area contributed by atoms with Crippen molar-refractivity contribution in [1.82, 2.24) is 15.0 Å². The number of nitrogens with zero attached hydrogens (tertiary/aromatic N) is 3. The quantitative estimate of drug-likeness (QED) is 0.836. The molecular formula is C10H18BrN3. The summed E-state index contributed by atoms with van der Waals surface area (Å²) in [6.45, 7) is 9.77. The molecule has 0 amide bonds. The van der Waals surface area contributed by atoms with E-state index in [0.717, 1.165) is 24.0 Å². The highest BCUT2D eigenvalue weighted by atomic mass is 79.9. The normalized spacial score (nSPS) is 12.1. The van der Waals surface area contributed by atoms with Gasteiger partial charge in [-0.1, -0.05) is 32.9 Å². The zero-order valence-electron chi connectivity index (χ0n) is 9.34. The second-order valence-electron chi connectivity index (χ2n) is 4.79. The van der Waals surface area contributed by atoms with Gasteiger partial charge in [-0.2, -0.15) is 0 Å². The Morgan fingerprint density at radius 2 is 2.00 bits per heavy atom. The van der Waals surface area contributed by atoms with Crippen molar-refractivity contribution in [3.05, 3.63) is 10.3 Å². The molecule has 0 aromatic carbocycles. The van der Waals surface area contributed by atoms with E-state index in [4.69, 9.17) is 0 Å². The van der Waals surface area contributed by atoms with Crippen LogP contribution < -0.4 is 0 Å². The third-order valence-electron chi connectivity index (χ3n) is 1.92. The minimum absolute atomic E-state index is 0.274. The Balaban J connectivity index is 2.88. The van der Waals surface area contributed by atoms with Crippen molar-refractivity contribution in [3.63, 3.8) is 0 Å². The van der Waals surface area contributed by atoms with Crippen LogP contribution in [0.1, 0.15) is 39.8 Å². The van der Waals surface area contributed by atoms with Gasteiger partial charge in [0.05, 0.1) is 5.69 Å². The molecule has 80 valence electrons. The Morgan fingerprint density at radius 1 is 1.36 bits per heavy atom. The predicted molar refractivity (Wildman–Crippen MR) is 61.2 cm³/mol. The summed E-state index contributed by atoms with van der Waals surface area (Å²) in [6.07, 6.45) is 2.09. The fourth-order valence-corrected chi connectivity index (χ4v) is 1.79. The molecule has 0 unspecified atom stereocenters. The van der Waals surface area contributed by atoms with Gasteiger partial charge in [0.25, 0.3) is 0 Å². The monoisotopic (exact) mass is 259 g/mol. The third kappa shape index (κ3) is 3.08. The molecule has 0 N–H and O–H groups in total. The summed E-state index contributed by atoms with van der Waals surface area (Å²) in [5.74, 6) is 0. The Kier molecular flexibility index (Phi) is 3.70. The molecular weight excluding hydrogens is 242 g/mol. The van der Waals surface area contributed by atoms with Crippen LogP contribution in [0.15, 0.2) is 4.60 Å². The van der Waals surface area contributed by atoms with Gasteiger partial charge in [-0.05, 0) is 34.2 Å². The molecule has 0 radical (unpaired) electrons. The molecule has 1 aromatic rings. The minimum Gasteiger partial charge on any atom is -0.248 e. The molecule has 0 bridgehead atoms. The van der Waals surface area contributed by atoms with E-state index in [2.05, 4.69) is 53.9 Å². The zero-order chi connectivity index (χ0) is 10.8. The van der Waals surface area contributed by atoms with Crippen LogP contribution in [-0.2, 0) is 13.0 Å². The maximum Gasteiger partial charge on any atom is 0.151 e. The Labute approximate surface area is 94.0 Å². The molecule has 0 saturated heterocycles.